The number of rotatable bonds is 3. The van der Waals surface area contributed by atoms with Crippen molar-refractivity contribution in [2.75, 3.05) is 6.54 Å². The van der Waals surface area contributed by atoms with Gasteiger partial charge in [-0.3, -0.25) is 9.89 Å². The van der Waals surface area contributed by atoms with Crippen molar-refractivity contribution in [1.82, 2.24) is 15.1 Å². The van der Waals surface area contributed by atoms with Crippen LogP contribution in [0.3, 0.4) is 0 Å². The molecule has 0 aliphatic carbocycles. The van der Waals surface area contributed by atoms with Gasteiger partial charge in [0.25, 0.3) is 0 Å². The summed E-state index contributed by atoms with van der Waals surface area (Å²) in [6.45, 7) is 6.27. The molecular weight excluding hydrogens is 258 g/mol. The zero-order valence-corrected chi connectivity index (χ0v) is 12.1. The minimum absolute atomic E-state index is 0.128. The molecule has 110 valence electrons. The van der Waals surface area contributed by atoms with E-state index in [1.807, 2.05) is 20.8 Å². The number of hydrogen-bond donors (Lipinski definition) is 2. The summed E-state index contributed by atoms with van der Waals surface area (Å²) in [5.74, 6) is -0.694. The van der Waals surface area contributed by atoms with E-state index in [0.717, 1.165) is 23.4 Å². The first kappa shape index (κ1) is 14.6. The van der Waals surface area contributed by atoms with Crippen molar-refractivity contribution in [2.24, 2.45) is 5.92 Å². The molecule has 6 heteroatoms. The number of carbonyl (C=O) groups is 2. The molecule has 2 unspecified atom stereocenters. The van der Waals surface area contributed by atoms with Gasteiger partial charge in [0, 0.05) is 17.8 Å². The van der Waals surface area contributed by atoms with Crippen LogP contribution in [0.4, 0.5) is 0 Å². The fourth-order valence-corrected chi connectivity index (χ4v) is 2.76. The molecule has 1 saturated heterocycles. The van der Waals surface area contributed by atoms with Crippen LogP contribution in [0.5, 0.6) is 0 Å². The van der Waals surface area contributed by atoms with Crippen LogP contribution in [-0.2, 0) is 16.0 Å². The number of piperidine rings is 1. The molecule has 1 amide bonds. The molecule has 1 aliphatic rings. The molecule has 2 N–H and O–H groups in total. The van der Waals surface area contributed by atoms with Gasteiger partial charge in [-0.1, -0.05) is 6.92 Å². The van der Waals surface area contributed by atoms with Crippen molar-refractivity contribution in [2.45, 2.75) is 46.1 Å². The quantitative estimate of drug-likeness (QED) is 0.872. The first-order valence-electron chi connectivity index (χ1n) is 6.92. The lowest BCUT2D eigenvalue weighted by molar-refractivity contribution is -0.152. The molecule has 0 saturated carbocycles. The summed E-state index contributed by atoms with van der Waals surface area (Å²) in [5, 5.41) is 16.2. The number of H-pyrrole nitrogens is 1. The summed E-state index contributed by atoms with van der Waals surface area (Å²) in [7, 11) is 0. The Morgan fingerprint density at radius 3 is 2.70 bits per heavy atom. The number of carboxylic acids is 1. The average molecular weight is 279 g/mol. The Morgan fingerprint density at radius 1 is 1.45 bits per heavy atom. The lowest BCUT2D eigenvalue weighted by Crippen LogP contribution is -2.50. The summed E-state index contributed by atoms with van der Waals surface area (Å²) in [4.78, 5) is 25.3. The third kappa shape index (κ3) is 2.84. The van der Waals surface area contributed by atoms with Gasteiger partial charge < -0.3 is 10.0 Å². The molecule has 0 bridgehead atoms. The van der Waals surface area contributed by atoms with Crippen LogP contribution in [0, 0.1) is 19.8 Å². The highest BCUT2D eigenvalue weighted by molar-refractivity contribution is 5.85. The van der Waals surface area contributed by atoms with Gasteiger partial charge in [-0.05, 0) is 32.6 Å². The van der Waals surface area contributed by atoms with Gasteiger partial charge in [0.15, 0.2) is 0 Å². The Kier molecular flexibility index (Phi) is 4.11. The maximum atomic E-state index is 12.4. The van der Waals surface area contributed by atoms with Crippen molar-refractivity contribution < 1.29 is 14.7 Å². The Balaban J connectivity index is 2.13. The van der Waals surface area contributed by atoms with E-state index < -0.39 is 12.0 Å². The number of amides is 1. The van der Waals surface area contributed by atoms with Gasteiger partial charge in [0.05, 0.1) is 12.1 Å². The molecule has 1 fully saturated rings. The maximum absolute atomic E-state index is 12.4. The second-order valence-corrected chi connectivity index (χ2v) is 5.66. The van der Waals surface area contributed by atoms with Crippen LogP contribution < -0.4 is 0 Å². The van der Waals surface area contributed by atoms with E-state index in [1.165, 1.54) is 4.90 Å². The Morgan fingerprint density at radius 2 is 2.15 bits per heavy atom. The van der Waals surface area contributed by atoms with E-state index in [4.69, 9.17) is 0 Å². The Hall–Kier alpha value is -1.85. The van der Waals surface area contributed by atoms with Crippen LogP contribution in [0.2, 0.25) is 0 Å². The van der Waals surface area contributed by atoms with Gasteiger partial charge in [-0.25, -0.2) is 4.79 Å². The molecule has 1 aromatic rings. The van der Waals surface area contributed by atoms with Crippen LogP contribution in [0.15, 0.2) is 0 Å². The first-order chi connectivity index (χ1) is 9.40. The minimum atomic E-state index is -0.912. The third-order valence-electron chi connectivity index (χ3n) is 4.08. The topological polar surface area (TPSA) is 86.3 Å². The zero-order valence-electron chi connectivity index (χ0n) is 12.1. The predicted octanol–water partition coefficient (Wildman–Crippen LogP) is 1.28. The molecule has 2 atom stereocenters. The molecular formula is C14H21N3O3. The monoisotopic (exact) mass is 279 g/mol. The number of aliphatic carboxylic acids is 1. The maximum Gasteiger partial charge on any atom is 0.326 e. The van der Waals surface area contributed by atoms with Crippen LogP contribution in [0.25, 0.3) is 0 Å². The van der Waals surface area contributed by atoms with Crippen LogP contribution in [-0.4, -0.2) is 44.7 Å². The van der Waals surface area contributed by atoms with Crippen molar-refractivity contribution in [3.63, 3.8) is 0 Å². The number of carboxylic acid groups (broad SMARTS) is 1. The molecule has 0 spiro atoms. The standard InChI is InChI=1S/C14H21N3O3/c1-8-4-5-17(12(6-8)14(19)20)13(18)7-11-9(2)15-16-10(11)3/h8,12H,4-7H2,1-3H3,(H,15,16)(H,19,20). The highest BCUT2D eigenvalue weighted by Crippen LogP contribution is 2.24. The molecule has 1 aromatic heterocycles. The minimum Gasteiger partial charge on any atom is -0.480 e. The highest BCUT2D eigenvalue weighted by Gasteiger charge is 2.34. The molecule has 1 aliphatic heterocycles. The molecule has 2 rings (SSSR count). The summed E-state index contributed by atoms with van der Waals surface area (Å²) >= 11 is 0. The highest BCUT2D eigenvalue weighted by atomic mass is 16.4. The summed E-state index contributed by atoms with van der Waals surface area (Å²) in [6.07, 6.45) is 1.61. The largest absolute Gasteiger partial charge is 0.480 e. The third-order valence-corrected chi connectivity index (χ3v) is 4.08. The van der Waals surface area contributed by atoms with Crippen molar-refractivity contribution in [1.29, 1.82) is 0 Å². The van der Waals surface area contributed by atoms with Crippen LogP contribution >= 0.6 is 0 Å². The zero-order chi connectivity index (χ0) is 14.9. The van der Waals surface area contributed by atoms with Gasteiger partial charge in [0.1, 0.15) is 6.04 Å². The van der Waals surface area contributed by atoms with Crippen molar-refractivity contribution in [3.05, 3.63) is 17.0 Å². The molecule has 0 aromatic carbocycles. The van der Waals surface area contributed by atoms with E-state index in [2.05, 4.69) is 10.2 Å². The van der Waals surface area contributed by atoms with E-state index in [0.29, 0.717) is 18.9 Å². The Bertz CT molecular complexity index is 504. The molecule has 6 nitrogen and oxygen atoms in total. The van der Waals surface area contributed by atoms with E-state index in [9.17, 15) is 14.7 Å². The molecule has 0 radical (unpaired) electrons. The number of nitrogens with one attached hydrogen (secondary N) is 1. The van der Waals surface area contributed by atoms with E-state index in [-0.39, 0.29) is 12.3 Å². The number of aromatic nitrogens is 2. The van der Waals surface area contributed by atoms with Gasteiger partial charge in [-0.15, -0.1) is 0 Å². The van der Waals surface area contributed by atoms with Gasteiger partial charge in [0.2, 0.25) is 5.91 Å². The van der Waals surface area contributed by atoms with Crippen molar-refractivity contribution in [3.8, 4) is 0 Å². The number of carbonyl (C=O) groups excluding carboxylic acids is 1. The van der Waals surface area contributed by atoms with Gasteiger partial charge >= 0.3 is 5.97 Å². The smallest absolute Gasteiger partial charge is 0.326 e. The normalized spacial score (nSPS) is 22.9. The summed E-state index contributed by atoms with van der Waals surface area (Å²) in [5.41, 5.74) is 2.54. The average Bonchev–Trinajstić information content (AvgIpc) is 2.70. The number of hydrogen-bond acceptors (Lipinski definition) is 3. The molecule has 2 heterocycles. The second kappa shape index (κ2) is 5.64. The fourth-order valence-electron chi connectivity index (χ4n) is 2.76. The lowest BCUT2D eigenvalue weighted by Gasteiger charge is -2.36. The fraction of sp³-hybridized carbons (Fsp3) is 0.643. The first-order valence-corrected chi connectivity index (χ1v) is 6.92. The molecule has 20 heavy (non-hydrogen) atoms. The second-order valence-electron chi connectivity index (χ2n) is 5.66. The Labute approximate surface area is 118 Å². The van der Waals surface area contributed by atoms with E-state index >= 15 is 0 Å². The number of likely N-dealkylation sites (tertiary alicyclic amines) is 1. The summed E-state index contributed by atoms with van der Waals surface area (Å²) in [6, 6.07) is -0.696. The van der Waals surface area contributed by atoms with Crippen molar-refractivity contribution >= 4 is 11.9 Å². The predicted molar refractivity (Wildman–Crippen MR) is 73.3 cm³/mol. The number of nitrogens with zero attached hydrogens (tertiary/aromatic N) is 2. The number of aromatic amines is 1. The van der Waals surface area contributed by atoms with Crippen LogP contribution in [0.1, 0.15) is 36.7 Å². The SMILES string of the molecule is Cc1n[nH]c(C)c1CC(=O)N1CCC(C)CC1C(=O)O. The summed E-state index contributed by atoms with van der Waals surface area (Å²) < 4.78 is 0. The van der Waals surface area contributed by atoms with Gasteiger partial charge in [-0.2, -0.15) is 5.10 Å². The van der Waals surface area contributed by atoms with E-state index in [1.54, 1.807) is 0 Å². The lowest BCUT2D eigenvalue weighted by atomic mass is 9.92. The number of aryl methyl sites for hydroxylation is 2.